The lowest BCUT2D eigenvalue weighted by Gasteiger charge is -2.34. The van der Waals surface area contributed by atoms with Crippen molar-refractivity contribution in [1.82, 2.24) is 24.8 Å². The number of hydrogen-bond acceptors (Lipinski definition) is 8. The van der Waals surface area contributed by atoms with Gasteiger partial charge in [0.2, 0.25) is 11.9 Å². The van der Waals surface area contributed by atoms with E-state index in [9.17, 15) is 4.79 Å². The van der Waals surface area contributed by atoms with Gasteiger partial charge in [0, 0.05) is 63.9 Å². The van der Waals surface area contributed by atoms with Crippen molar-refractivity contribution in [2.24, 2.45) is 0 Å². The molecule has 1 saturated heterocycles. The number of aromatic nitrogens is 4. The van der Waals surface area contributed by atoms with Crippen LogP contribution in [0, 0.1) is 11.3 Å². The van der Waals surface area contributed by atoms with Gasteiger partial charge in [-0.05, 0) is 6.07 Å². The quantitative estimate of drug-likeness (QED) is 0.828. The zero-order valence-corrected chi connectivity index (χ0v) is 13.7. The first-order valence-corrected chi connectivity index (χ1v) is 8.02. The van der Waals surface area contributed by atoms with Gasteiger partial charge in [0.05, 0.1) is 0 Å². The minimum atomic E-state index is 0.0727. The van der Waals surface area contributed by atoms with Crippen LogP contribution in [0.1, 0.15) is 12.1 Å². The lowest BCUT2D eigenvalue weighted by atomic mass is 10.2. The molecule has 1 amide bonds. The normalized spacial score (nSPS) is 14.0. The summed E-state index contributed by atoms with van der Waals surface area (Å²) in [7, 11) is 0. The second-order valence-electron chi connectivity index (χ2n) is 5.46. The number of amides is 1. The fraction of sp³-hybridized carbons (Fsp3) is 0.375. The van der Waals surface area contributed by atoms with Crippen molar-refractivity contribution in [1.29, 1.82) is 5.26 Å². The van der Waals surface area contributed by atoms with Crippen molar-refractivity contribution in [2.75, 3.05) is 42.9 Å². The third-order valence-electron chi connectivity index (χ3n) is 3.90. The molecule has 0 unspecified atom stereocenters. The largest absolute Gasteiger partial charge is 0.367 e. The van der Waals surface area contributed by atoms with E-state index in [2.05, 4.69) is 30.2 Å². The third kappa shape index (κ3) is 4.17. The Morgan fingerprint density at radius 3 is 2.52 bits per heavy atom. The molecular weight excluding hydrogens is 320 g/mol. The van der Waals surface area contributed by atoms with Crippen LogP contribution in [-0.2, 0) is 4.79 Å². The molecule has 0 bridgehead atoms. The van der Waals surface area contributed by atoms with Gasteiger partial charge in [-0.25, -0.2) is 19.9 Å². The standard InChI is InChI=1S/C16H18N8O/c17-12-13-15(20-7-6-18-13)19-5-2-14(25)23-8-10-24(11-9-23)16-21-3-1-4-22-16/h1,3-4,6-7H,2,5,8-11H2,(H,19,20). The Morgan fingerprint density at radius 1 is 1.08 bits per heavy atom. The zero-order valence-electron chi connectivity index (χ0n) is 13.7. The maximum atomic E-state index is 12.3. The molecule has 1 aliphatic heterocycles. The van der Waals surface area contributed by atoms with E-state index in [0.717, 1.165) is 0 Å². The fourth-order valence-corrected chi connectivity index (χ4v) is 2.61. The predicted octanol–water partition coefficient (Wildman–Crippen LogP) is 0.289. The molecule has 1 fully saturated rings. The molecule has 0 aliphatic carbocycles. The summed E-state index contributed by atoms with van der Waals surface area (Å²) in [4.78, 5) is 32.7. The van der Waals surface area contributed by atoms with Gasteiger partial charge in [-0.15, -0.1) is 0 Å². The SMILES string of the molecule is N#Cc1nccnc1NCCC(=O)N1CCN(c2ncccn2)CC1. The molecule has 0 saturated carbocycles. The lowest BCUT2D eigenvalue weighted by molar-refractivity contribution is -0.131. The number of carbonyl (C=O) groups is 1. The molecule has 25 heavy (non-hydrogen) atoms. The van der Waals surface area contributed by atoms with E-state index in [0.29, 0.717) is 50.9 Å². The molecule has 128 valence electrons. The van der Waals surface area contributed by atoms with Crippen LogP contribution < -0.4 is 10.2 Å². The van der Waals surface area contributed by atoms with Gasteiger partial charge >= 0.3 is 0 Å². The summed E-state index contributed by atoms with van der Waals surface area (Å²) in [6, 6.07) is 3.75. The smallest absolute Gasteiger partial charge is 0.225 e. The summed E-state index contributed by atoms with van der Waals surface area (Å²) >= 11 is 0. The van der Waals surface area contributed by atoms with Crippen LogP contribution in [0.15, 0.2) is 30.9 Å². The van der Waals surface area contributed by atoms with E-state index in [1.165, 1.54) is 12.4 Å². The van der Waals surface area contributed by atoms with Crippen LogP contribution in [-0.4, -0.2) is 63.5 Å². The van der Waals surface area contributed by atoms with E-state index >= 15 is 0 Å². The van der Waals surface area contributed by atoms with Crippen LogP contribution in [0.4, 0.5) is 11.8 Å². The zero-order chi connectivity index (χ0) is 17.5. The van der Waals surface area contributed by atoms with Gasteiger partial charge in [0.15, 0.2) is 11.5 Å². The van der Waals surface area contributed by atoms with Gasteiger partial charge in [-0.1, -0.05) is 0 Å². The highest BCUT2D eigenvalue weighted by atomic mass is 16.2. The number of nitriles is 1. The summed E-state index contributed by atoms with van der Waals surface area (Å²) in [5.41, 5.74) is 0.228. The van der Waals surface area contributed by atoms with E-state index in [-0.39, 0.29) is 11.6 Å². The maximum absolute atomic E-state index is 12.3. The number of anilines is 2. The van der Waals surface area contributed by atoms with E-state index in [1.807, 2.05) is 11.0 Å². The van der Waals surface area contributed by atoms with Crippen LogP contribution >= 0.6 is 0 Å². The molecule has 0 spiro atoms. The minimum absolute atomic E-state index is 0.0727. The first-order chi connectivity index (χ1) is 12.3. The van der Waals surface area contributed by atoms with Crippen LogP contribution in [0.25, 0.3) is 0 Å². The monoisotopic (exact) mass is 338 g/mol. The van der Waals surface area contributed by atoms with Gasteiger partial charge in [-0.3, -0.25) is 4.79 Å². The molecule has 1 N–H and O–H groups in total. The molecule has 1 aliphatic rings. The van der Waals surface area contributed by atoms with Gasteiger partial charge in [-0.2, -0.15) is 5.26 Å². The van der Waals surface area contributed by atoms with Crippen molar-refractivity contribution in [3.8, 4) is 6.07 Å². The summed E-state index contributed by atoms with van der Waals surface area (Å²) in [6.45, 7) is 3.13. The molecule has 3 heterocycles. The minimum Gasteiger partial charge on any atom is -0.367 e. The Hall–Kier alpha value is -3.28. The van der Waals surface area contributed by atoms with Crippen LogP contribution in [0.2, 0.25) is 0 Å². The second-order valence-corrected chi connectivity index (χ2v) is 5.46. The van der Waals surface area contributed by atoms with Crippen LogP contribution in [0.5, 0.6) is 0 Å². The van der Waals surface area contributed by atoms with Crippen molar-refractivity contribution in [3.63, 3.8) is 0 Å². The predicted molar refractivity (Wildman–Crippen MR) is 90.7 cm³/mol. The highest BCUT2D eigenvalue weighted by Gasteiger charge is 2.22. The molecular formula is C16H18N8O. The number of nitrogens with one attached hydrogen (secondary N) is 1. The van der Waals surface area contributed by atoms with Crippen LogP contribution in [0.3, 0.4) is 0 Å². The summed E-state index contributed by atoms with van der Waals surface area (Å²) < 4.78 is 0. The number of nitrogens with zero attached hydrogens (tertiary/aromatic N) is 7. The Balaban J connectivity index is 1.45. The summed E-state index contributed by atoms with van der Waals surface area (Å²) in [5.74, 6) is 1.18. The fourth-order valence-electron chi connectivity index (χ4n) is 2.61. The molecule has 0 radical (unpaired) electrons. The van der Waals surface area contributed by atoms with Crippen molar-refractivity contribution < 1.29 is 4.79 Å². The molecule has 9 heteroatoms. The molecule has 3 rings (SSSR count). The Bertz CT molecular complexity index is 752. The van der Waals surface area contributed by atoms with Gasteiger partial charge in [0.25, 0.3) is 0 Å². The second kappa shape index (κ2) is 8.01. The first kappa shape index (κ1) is 16.6. The van der Waals surface area contributed by atoms with E-state index in [4.69, 9.17) is 5.26 Å². The number of piperazine rings is 1. The molecule has 2 aromatic heterocycles. The molecule has 0 aromatic carbocycles. The Kier molecular flexibility index (Phi) is 5.31. The highest BCUT2D eigenvalue weighted by molar-refractivity contribution is 5.77. The topological polar surface area (TPSA) is 111 Å². The van der Waals surface area contributed by atoms with E-state index < -0.39 is 0 Å². The van der Waals surface area contributed by atoms with Crippen molar-refractivity contribution in [2.45, 2.75) is 6.42 Å². The number of hydrogen-bond donors (Lipinski definition) is 1. The highest BCUT2D eigenvalue weighted by Crippen LogP contribution is 2.11. The number of carbonyl (C=O) groups excluding carboxylic acids is 1. The van der Waals surface area contributed by atoms with E-state index in [1.54, 1.807) is 18.5 Å². The maximum Gasteiger partial charge on any atom is 0.225 e. The molecule has 9 nitrogen and oxygen atoms in total. The average Bonchev–Trinajstić information content (AvgIpc) is 2.69. The average molecular weight is 338 g/mol. The number of rotatable bonds is 5. The van der Waals surface area contributed by atoms with Gasteiger partial charge < -0.3 is 15.1 Å². The first-order valence-electron chi connectivity index (χ1n) is 8.02. The molecule has 2 aromatic rings. The van der Waals surface area contributed by atoms with Crippen molar-refractivity contribution in [3.05, 3.63) is 36.5 Å². The lowest BCUT2D eigenvalue weighted by Crippen LogP contribution is -2.49. The summed E-state index contributed by atoms with van der Waals surface area (Å²) in [6.07, 6.45) is 6.74. The Labute approximate surface area is 145 Å². The Morgan fingerprint density at radius 2 is 1.80 bits per heavy atom. The van der Waals surface area contributed by atoms with Crippen molar-refractivity contribution >= 4 is 17.7 Å². The summed E-state index contributed by atoms with van der Waals surface area (Å²) in [5, 5.41) is 12.0. The third-order valence-corrected chi connectivity index (χ3v) is 3.90. The van der Waals surface area contributed by atoms with Gasteiger partial charge in [0.1, 0.15) is 6.07 Å². The molecule has 0 atom stereocenters.